The van der Waals surface area contributed by atoms with Crippen molar-refractivity contribution in [3.05, 3.63) is 29.8 Å². The molecule has 0 aromatic heterocycles. The Labute approximate surface area is 99.8 Å². The lowest BCUT2D eigenvalue weighted by molar-refractivity contribution is 1.07. The van der Waals surface area contributed by atoms with Crippen LogP contribution in [0.25, 0.3) is 0 Å². The summed E-state index contributed by atoms with van der Waals surface area (Å²) in [6.07, 6.45) is 0. The first-order valence-corrected chi connectivity index (χ1v) is 4.35. The van der Waals surface area contributed by atoms with Crippen molar-refractivity contribution < 1.29 is 0 Å². The number of hydrogen-bond donors (Lipinski definition) is 4. The molecule has 0 saturated heterocycles. The number of hydrogen-bond acceptors (Lipinski definition) is 2. The summed E-state index contributed by atoms with van der Waals surface area (Å²) < 4.78 is 0. The molecule has 0 aliphatic rings. The molecular weight excluding hydrogens is 228 g/mol. The maximum absolute atomic E-state index is 5.53. The van der Waals surface area contributed by atoms with Crippen molar-refractivity contribution >= 4 is 30.0 Å². The Morgan fingerprint density at radius 3 is 2.31 bits per heavy atom. The normalized spacial score (nSPS) is 10.4. The lowest BCUT2D eigenvalue weighted by Crippen LogP contribution is -2.26. The topological polar surface area (TPSA) is 129 Å². The van der Waals surface area contributed by atoms with E-state index >= 15 is 0 Å². The maximum Gasteiger partial charge on any atom is 0.223 e. The van der Waals surface area contributed by atoms with E-state index in [-0.39, 0.29) is 24.3 Å². The highest BCUT2D eigenvalue weighted by Gasteiger charge is 1.98. The summed E-state index contributed by atoms with van der Waals surface area (Å²) in [6, 6.07) is 7.36. The first-order valence-electron chi connectivity index (χ1n) is 4.35. The number of para-hydroxylation sites is 1. The van der Waals surface area contributed by atoms with Gasteiger partial charge in [-0.15, -0.1) is 12.4 Å². The molecule has 0 saturated carbocycles. The largest absolute Gasteiger partial charge is 0.370 e. The fourth-order valence-electron chi connectivity index (χ4n) is 1.07. The molecule has 7 heteroatoms. The van der Waals surface area contributed by atoms with Crippen LogP contribution in [-0.2, 0) is 6.54 Å². The number of aliphatic imine (C=N–C) groups is 2. The second-order valence-electron chi connectivity index (χ2n) is 2.84. The predicted octanol–water partition coefficient (Wildman–Crippen LogP) is -0.213. The predicted molar refractivity (Wildman–Crippen MR) is 68.7 cm³/mol. The first-order chi connectivity index (χ1) is 7.13. The van der Waals surface area contributed by atoms with Crippen molar-refractivity contribution in [3.8, 4) is 0 Å². The van der Waals surface area contributed by atoms with Gasteiger partial charge in [0.25, 0.3) is 0 Å². The molecule has 0 bridgehead atoms. The molecule has 8 N–H and O–H groups in total. The van der Waals surface area contributed by atoms with Gasteiger partial charge in [-0.1, -0.05) is 18.2 Å². The number of guanidine groups is 2. The molecule has 88 valence electrons. The van der Waals surface area contributed by atoms with E-state index < -0.39 is 0 Å². The molecule has 0 atom stereocenters. The molecule has 0 fully saturated rings. The van der Waals surface area contributed by atoms with Gasteiger partial charge in [0, 0.05) is 6.54 Å². The Kier molecular flexibility index (Phi) is 5.91. The molecule has 0 heterocycles. The number of benzene rings is 1. The fraction of sp³-hybridized carbons (Fsp3) is 0.111. The Bertz CT molecular complexity index is 397. The molecule has 0 amide bonds. The minimum absolute atomic E-state index is 0. The standard InChI is InChI=1S/C9H14N6.ClH/c10-5-6-3-1-2-4-7(6)14-9(13)15-8(11)12;/h1-4H,5,10H2,(H6,11,12,13,14,15);1H. The Balaban J connectivity index is 0.00000225. The molecule has 1 aromatic rings. The van der Waals surface area contributed by atoms with E-state index in [9.17, 15) is 0 Å². The van der Waals surface area contributed by atoms with Crippen molar-refractivity contribution in [1.29, 1.82) is 0 Å². The van der Waals surface area contributed by atoms with Crippen LogP contribution >= 0.6 is 12.4 Å². The van der Waals surface area contributed by atoms with Crippen LogP contribution in [0.5, 0.6) is 0 Å². The van der Waals surface area contributed by atoms with Crippen LogP contribution in [0.1, 0.15) is 5.56 Å². The summed E-state index contributed by atoms with van der Waals surface area (Å²) in [4.78, 5) is 7.64. The summed E-state index contributed by atoms with van der Waals surface area (Å²) >= 11 is 0. The summed E-state index contributed by atoms with van der Waals surface area (Å²) in [6.45, 7) is 0.384. The lowest BCUT2D eigenvalue weighted by atomic mass is 10.2. The fourth-order valence-corrected chi connectivity index (χ4v) is 1.07. The van der Waals surface area contributed by atoms with Gasteiger partial charge in [0.05, 0.1) is 5.69 Å². The van der Waals surface area contributed by atoms with E-state index in [4.69, 9.17) is 22.9 Å². The molecule has 1 aromatic carbocycles. The van der Waals surface area contributed by atoms with Gasteiger partial charge >= 0.3 is 0 Å². The van der Waals surface area contributed by atoms with E-state index in [0.29, 0.717) is 12.2 Å². The highest BCUT2D eigenvalue weighted by molar-refractivity contribution is 5.93. The number of rotatable bonds is 2. The second-order valence-corrected chi connectivity index (χ2v) is 2.84. The van der Waals surface area contributed by atoms with Gasteiger partial charge in [0.1, 0.15) is 0 Å². The smallest absolute Gasteiger partial charge is 0.223 e. The first kappa shape index (κ1) is 14.2. The lowest BCUT2D eigenvalue weighted by Gasteiger charge is -2.02. The molecule has 0 unspecified atom stereocenters. The van der Waals surface area contributed by atoms with Crippen molar-refractivity contribution in [2.24, 2.45) is 32.9 Å². The third kappa shape index (κ3) is 4.16. The van der Waals surface area contributed by atoms with Gasteiger partial charge in [0.15, 0.2) is 5.96 Å². The van der Waals surface area contributed by atoms with Crippen LogP contribution < -0.4 is 22.9 Å². The molecule has 1 rings (SSSR count). The van der Waals surface area contributed by atoms with Gasteiger partial charge in [-0.25, -0.2) is 4.99 Å². The van der Waals surface area contributed by atoms with E-state index in [0.717, 1.165) is 5.56 Å². The quantitative estimate of drug-likeness (QED) is 0.422. The van der Waals surface area contributed by atoms with Gasteiger partial charge in [-0.3, -0.25) is 0 Å². The highest BCUT2D eigenvalue weighted by atomic mass is 35.5. The van der Waals surface area contributed by atoms with E-state index in [1.54, 1.807) is 6.07 Å². The van der Waals surface area contributed by atoms with E-state index in [1.807, 2.05) is 18.2 Å². The van der Waals surface area contributed by atoms with Crippen LogP contribution in [0, 0.1) is 0 Å². The Morgan fingerprint density at radius 2 is 1.75 bits per heavy atom. The molecule has 0 aliphatic heterocycles. The molecule has 0 radical (unpaired) electrons. The molecule has 6 nitrogen and oxygen atoms in total. The minimum Gasteiger partial charge on any atom is -0.370 e. The zero-order valence-corrected chi connectivity index (χ0v) is 9.45. The van der Waals surface area contributed by atoms with Crippen molar-refractivity contribution in [2.45, 2.75) is 6.54 Å². The number of nitrogens with two attached hydrogens (primary N) is 4. The average molecular weight is 243 g/mol. The number of halogens is 1. The van der Waals surface area contributed by atoms with Crippen molar-refractivity contribution in [1.82, 2.24) is 0 Å². The zero-order chi connectivity index (χ0) is 11.3. The van der Waals surface area contributed by atoms with E-state index in [2.05, 4.69) is 9.98 Å². The maximum atomic E-state index is 5.53. The Morgan fingerprint density at radius 1 is 1.12 bits per heavy atom. The van der Waals surface area contributed by atoms with Crippen LogP contribution in [0.4, 0.5) is 5.69 Å². The monoisotopic (exact) mass is 242 g/mol. The molecule has 0 spiro atoms. The highest BCUT2D eigenvalue weighted by Crippen LogP contribution is 2.17. The number of nitrogens with zero attached hydrogens (tertiary/aromatic N) is 2. The zero-order valence-electron chi connectivity index (χ0n) is 8.63. The van der Waals surface area contributed by atoms with Gasteiger partial charge in [-0.05, 0) is 11.6 Å². The van der Waals surface area contributed by atoms with Gasteiger partial charge in [-0.2, -0.15) is 4.99 Å². The summed E-state index contributed by atoms with van der Waals surface area (Å²) in [5.41, 5.74) is 22.9. The summed E-state index contributed by atoms with van der Waals surface area (Å²) in [7, 11) is 0. The minimum atomic E-state index is -0.124. The van der Waals surface area contributed by atoms with E-state index in [1.165, 1.54) is 0 Å². The van der Waals surface area contributed by atoms with Gasteiger partial charge < -0.3 is 22.9 Å². The van der Waals surface area contributed by atoms with Crippen LogP contribution in [0.15, 0.2) is 34.3 Å². The van der Waals surface area contributed by atoms with Crippen molar-refractivity contribution in [2.75, 3.05) is 0 Å². The molecule has 0 aliphatic carbocycles. The second kappa shape index (κ2) is 6.65. The molecular formula is C9H15ClN6. The van der Waals surface area contributed by atoms with Crippen LogP contribution in [0.3, 0.4) is 0 Å². The summed E-state index contributed by atoms with van der Waals surface area (Å²) in [5.74, 6) is -0.114. The third-order valence-corrected chi connectivity index (χ3v) is 1.69. The average Bonchev–Trinajstić information content (AvgIpc) is 2.17. The van der Waals surface area contributed by atoms with Gasteiger partial charge in [0.2, 0.25) is 5.96 Å². The SMILES string of the molecule is Cl.NCc1ccccc1N=C(N)N=C(N)N. The van der Waals surface area contributed by atoms with Crippen LogP contribution in [0.2, 0.25) is 0 Å². The molecule has 16 heavy (non-hydrogen) atoms. The third-order valence-electron chi connectivity index (χ3n) is 1.69. The van der Waals surface area contributed by atoms with Crippen molar-refractivity contribution in [3.63, 3.8) is 0 Å². The van der Waals surface area contributed by atoms with Crippen LogP contribution in [-0.4, -0.2) is 11.9 Å². The Hall–Kier alpha value is -1.79. The summed E-state index contributed by atoms with van der Waals surface area (Å²) in [5, 5.41) is 0.